The quantitative estimate of drug-likeness (QED) is 0.0262. The van der Waals surface area contributed by atoms with Crippen LogP contribution in [0.3, 0.4) is 0 Å². The Balaban J connectivity index is 2.74. The summed E-state index contributed by atoms with van der Waals surface area (Å²) in [7, 11) is -5.12. The van der Waals surface area contributed by atoms with Gasteiger partial charge in [-0.1, -0.05) is 134 Å². The van der Waals surface area contributed by atoms with Crippen molar-refractivity contribution in [1.82, 2.24) is 5.32 Å². The van der Waals surface area contributed by atoms with E-state index in [9.17, 15) is 38.7 Å². The second kappa shape index (κ2) is 30.5. The lowest BCUT2D eigenvalue weighted by atomic mass is 9.99. The lowest BCUT2D eigenvalue weighted by Gasteiger charge is -2.41. The van der Waals surface area contributed by atoms with Gasteiger partial charge in [0.1, 0.15) is 30.5 Å². The van der Waals surface area contributed by atoms with Crippen LogP contribution in [0.1, 0.15) is 142 Å². The topological polar surface area (TPSA) is 212 Å². The highest BCUT2D eigenvalue weighted by Crippen LogP contribution is 2.26. The Morgan fingerprint density at radius 1 is 0.755 bits per heavy atom. The number of hydrogen-bond donors (Lipinski definition) is 7. The Morgan fingerprint density at radius 2 is 1.26 bits per heavy atom. The zero-order valence-corrected chi connectivity index (χ0v) is 33.0. The van der Waals surface area contributed by atoms with Gasteiger partial charge in [-0.05, 0) is 44.9 Å². The normalized spacial score (nSPS) is 22.9. The predicted molar refractivity (Wildman–Crippen MR) is 205 cm³/mol. The lowest BCUT2D eigenvalue weighted by molar-refractivity contribution is -0.298. The Morgan fingerprint density at radius 3 is 1.81 bits per heavy atom. The number of rotatable bonds is 32. The summed E-state index contributed by atoms with van der Waals surface area (Å²) in [5.41, 5.74) is 0. The van der Waals surface area contributed by atoms with Gasteiger partial charge in [0, 0.05) is 0 Å². The van der Waals surface area contributed by atoms with Crippen molar-refractivity contribution >= 4 is 16.3 Å². The molecular weight excluding hydrogens is 706 g/mol. The van der Waals surface area contributed by atoms with E-state index in [0.29, 0.717) is 12.8 Å². The van der Waals surface area contributed by atoms with Gasteiger partial charge in [0.25, 0.3) is 0 Å². The van der Waals surface area contributed by atoms with E-state index in [2.05, 4.69) is 47.7 Å². The van der Waals surface area contributed by atoms with Gasteiger partial charge in [0.2, 0.25) is 5.91 Å². The second-order valence-electron chi connectivity index (χ2n) is 14.0. The van der Waals surface area contributed by atoms with Gasteiger partial charge in [-0.15, -0.1) is 0 Å². The number of hydrogen-bond acceptors (Lipinski definition) is 11. The number of aliphatic hydroxyl groups excluding tert-OH is 5. The summed E-state index contributed by atoms with van der Waals surface area (Å²) in [6.45, 7) is 3.11. The average molecular weight is 778 g/mol. The molecule has 1 aliphatic rings. The third-order valence-corrected chi connectivity index (χ3v) is 9.72. The molecule has 14 heteroatoms. The van der Waals surface area contributed by atoms with Crippen LogP contribution in [-0.2, 0) is 28.9 Å². The molecule has 8 unspecified atom stereocenters. The van der Waals surface area contributed by atoms with Crippen molar-refractivity contribution in [3.63, 3.8) is 0 Å². The van der Waals surface area contributed by atoms with Gasteiger partial charge in [0.05, 0.1) is 25.4 Å². The zero-order valence-electron chi connectivity index (χ0n) is 32.2. The summed E-state index contributed by atoms with van der Waals surface area (Å²) in [6, 6.07) is -1.14. The molecule has 0 saturated carbocycles. The summed E-state index contributed by atoms with van der Waals surface area (Å²) in [5, 5.41) is 54.8. The minimum Gasteiger partial charge on any atom is -0.394 e. The minimum absolute atomic E-state index is 0.234. The lowest BCUT2D eigenvalue weighted by Crippen LogP contribution is -2.61. The monoisotopic (exact) mass is 777 g/mol. The predicted octanol–water partition coefficient (Wildman–Crippen LogP) is 5.35. The molecule has 1 amide bonds. The number of nitrogens with one attached hydrogen (secondary N) is 1. The van der Waals surface area contributed by atoms with Crippen molar-refractivity contribution in [3.05, 3.63) is 36.5 Å². The first-order chi connectivity index (χ1) is 25.4. The molecule has 0 aromatic carbocycles. The number of carbonyl (C=O) groups excluding carboxylic acids is 1. The summed E-state index contributed by atoms with van der Waals surface area (Å²) in [6.07, 6.45) is 21.1. The number of unbranched alkanes of at least 4 members (excludes halogenated alkanes) is 15. The SMILES string of the molecule is CCCCCCC/C=C/CC/C=C/CC/C=C/C(O)C(COC1OC(CO)C(O)C(OS(=O)(=O)O)C1O)NC(=O)C(O)CCCCCCCCCCC. The van der Waals surface area contributed by atoms with Crippen LogP contribution in [0.15, 0.2) is 36.5 Å². The van der Waals surface area contributed by atoms with Crippen molar-refractivity contribution in [2.45, 2.75) is 191 Å². The summed E-state index contributed by atoms with van der Waals surface area (Å²) in [4.78, 5) is 13.0. The van der Waals surface area contributed by atoms with Crippen molar-refractivity contribution in [2.75, 3.05) is 13.2 Å². The smallest absolute Gasteiger partial charge is 0.394 e. The van der Waals surface area contributed by atoms with E-state index < -0.39 is 78.5 Å². The Hall–Kier alpha value is -1.72. The highest BCUT2D eigenvalue weighted by atomic mass is 32.3. The standard InChI is InChI=1S/C39H71NO12S/c1-3-5-7-9-11-13-14-15-16-17-18-20-21-23-25-27-32(42)31(40-38(46)33(43)28-26-24-22-19-12-10-8-6-4-2)30-50-39-36(45)37(52-53(47,48)49)35(44)34(29-41)51-39/h14-15,18,20,25,27,31-37,39,41-45H,3-13,16-17,19,21-24,26,28-30H2,1-2H3,(H,40,46)(H,47,48,49)/b15-14+,20-18+,27-25+. The molecule has 310 valence electrons. The number of aliphatic hydroxyl groups is 5. The zero-order chi connectivity index (χ0) is 39.3. The van der Waals surface area contributed by atoms with Crippen molar-refractivity contribution in [3.8, 4) is 0 Å². The third-order valence-electron chi connectivity index (χ3n) is 9.26. The molecular formula is C39H71NO12S. The molecule has 0 aliphatic carbocycles. The molecule has 1 rings (SSSR count). The largest absolute Gasteiger partial charge is 0.397 e. The number of ether oxygens (including phenoxy) is 2. The van der Waals surface area contributed by atoms with E-state index in [0.717, 1.165) is 44.9 Å². The Labute approximate surface area is 318 Å². The van der Waals surface area contributed by atoms with E-state index in [4.69, 9.17) is 14.0 Å². The van der Waals surface area contributed by atoms with Crippen LogP contribution in [0.5, 0.6) is 0 Å². The molecule has 0 radical (unpaired) electrons. The van der Waals surface area contributed by atoms with E-state index in [1.807, 2.05) is 0 Å². The van der Waals surface area contributed by atoms with E-state index in [1.54, 1.807) is 6.08 Å². The van der Waals surface area contributed by atoms with Crippen molar-refractivity contribution in [1.29, 1.82) is 0 Å². The fourth-order valence-electron chi connectivity index (χ4n) is 6.02. The van der Waals surface area contributed by atoms with Gasteiger partial charge >= 0.3 is 10.4 Å². The molecule has 0 spiro atoms. The second-order valence-corrected chi connectivity index (χ2v) is 15.0. The van der Waals surface area contributed by atoms with E-state index in [1.165, 1.54) is 70.3 Å². The molecule has 0 aromatic heterocycles. The molecule has 1 saturated heterocycles. The summed E-state index contributed by atoms with van der Waals surface area (Å²) >= 11 is 0. The van der Waals surface area contributed by atoms with Crippen LogP contribution in [0.2, 0.25) is 0 Å². The van der Waals surface area contributed by atoms with Crippen molar-refractivity contribution < 1.29 is 57.0 Å². The Kier molecular flexibility index (Phi) is 28.4. The molecule has 0 aromatic rings. The molecule has 13 nitrogen and oxygen atoms in total. The first-order valence-corrected chi connectivity index (χ1v) is 21.3. The van der Waals surface area contributed by atoms with Crippen LogP contribution >= 0.6 is 0 Å². The highest BCUT2D eigenvalue weighted by molar-refractivity contribution is 7.80. The van der Waals surface area contributed by atoms with Crippen LogP contribution in [-0.4, -0.2) is 107 Å². The van der Waals surface area contributed by atoms with Crippen LogP contribution in [0.25, 0.3) is 0 Å². The minimum atomic E-state index is -5.12. The number of allylic oxidation sites excluding steroid dienone is 5. The number of amides is 1. The first kappa shape index (κ1) is 49.3. The van der Waals surface area contributed by atoms with Gasteiger partial charge in [0.15, 0.2) is 6.29 Å². The maximum absolute atomic E-state index is 13.0. The molecule has 1 aliphatic heterocycles. The van der Waals surface area contributed by atoms with Gasteiger partial charge < -0.3 is 40.3 Å². The van der Waals surface area contributed by atoms with E-state index >= 15 is 0 Å². The fourth-order valence-corrected chi connectivity index (χ4v) is 6.53. The maximum atomic E-state index is 13.0. The Bertz CT molecular complexity index is 1120. The molecule has 8 atom stereocenters. The molecule has 1 heterocycles. The molecule has 53 heavy (non-hydrogen) atoms. The van der Waals surface area contributed by atoms with Gasteiger partial charge in [-0.25, -0.2) is 4.18 Å². The summed E-state index contributed by atoms with van der Waals surface area (Å²) < 4.78 is 47.2. The number of carbonyl (C=O) groups is 1. The molecule has 1 fully saturated rings. The summed E-state index contributed by atoms with van der Waals surface area (Å²) in [5.74, 6) is -0.722. The van der Waals surface area contributed by atoms with E-state index in [-0.39, 0.29) is 6.42 Å². The van der Waals surface area contributed by atoms with Crippen LogP contribution in [0.4, 0.5) is 0 Å². The van der Waals surface area contributed by atoms with Gasteiger partial charge in [-0.3, -0.25) is 9.35 Å². The fraction of sp³-hybridized carbons (Fsp3) is 0.821. The van der Waals surface area contributed by atoms with Crippen LogP contribution in [0, 0.1) is 0 Å². The average Bonchev–Trinajstić information content (AvgIpc) is 3.12. The van der Waals surface area contributed by atoms with Crippen molar-refractivity contribution in [2.24, 2.45) is 0 Å². The maximum Gasteiger partial charge on any atom is 0.397 e. The first-order valence-electron chi connectivity index (χ1n) is 20.0. The third kappa shape index (κ3) is 23.7. The molecule has 0 bridgehead atoms. The van der Waals surface area contributed by atoms with Gasteiger partial charge in [-0.2, -0.15) is 8.42 Å². The highest BCUT2D eigenvalue weighted by Gasteiger charge is 2.48. The molecule has 7 N–H and O–H groups in total. The van der Waals surface area contributed by atoms with Crippen LogP contribution < -0.4 is 5.32 Å².